The van der Waals surface area contributed by atoms with Crippen molar-refractivity contribution in [2.45, 2.75) is 38.1 Å². The van der Waals surface area contributed by atoms with Crippen LogP contribution in [0.2, 0.25) is 0 Å². The molecule has 8 heteroatoms. The van der Waals surface area contributed by atoms with E-state index in [1.54, 1.807) is 12.1 Å². The third kappa shape index (κ3) is 6.99. The minimum absolute atomic E-state index is 0.0524. The molecule has 29 heavy (non-hydrogen) atoms. The van der Waals surface area contributed by atoms with Crippen LogP contribution < -0.4 is 10.0 Å². The van der Waals surface area contributed by atoms with Gasteiger partial charge in [-0.05, 0) is 43.5 Å². The first-order chi connectivity index (χ1) is 13.7. The van der Waals surface area contributed by atoms with E-state index in [4.69, 9.17) is 4.74 Å². The molecule has 0 aliphatic rings. The minimum atomic E-state index is -3.82. The first kappa shape index (κ1) is 22.6. The Hall–Kier alpha value is -2.71. The van der Waals surface area contributed by atoms with Gasteiger partial charge in [-0.3, -0.25) is 9.59 Å². The van der Waals surface area contributed by atoms with Crippen molar-refractivity contribution in [2.24, 2.45) is 0 Å². The number of hydrogen-bond acceptors (Lipinski definition) is 5. The van der Waals surface area contributed by atoms with Crippen LogP contribution in [0.5, 0.6) is 0 Å². The summed E-state index contributed by atoms with van der Waals surface area (Å²) < 4.78 is 31.3. The molecule has 7 nitrogen and oxygen atoms in total. The molecule has 0 radical (unpaired) electrons. The van der Waals surface area contributed by atoms with Crippen molar-refractivity contribution in [1.29, 1.82) is 0 Å². The molecule has 1 atom stereocenters. The smallest absolute Gasteiger partial charge is 0.321 e. The predicted octanol–water partition coefficient (Wildman–Crippen LogP) is 2.26. The van der Waals surface area contributed by atoms with Gasteiger partial charge in [0.15, 0.2) is 6.61 Å². The van der Waals surface area contributed by atoms with Crippen LogP contribution in [0, 0.1) is 6.92 Å². The molecular formula is C21H26N2O5S. The second-order valence-corrected chi connectivity index (χ2v) is 8.45. The third-order valence-electron chi connectivity index (χ3n) is 4.37. The molecule has 156 valence electrons. The molecule has 0 aromatic heterocycles. The third-order valence-corrected chi connectivity index (χ3v) is 5.78. The lowest BCUT2D eigenvalue weighted by atomic mass is 10.1. The zero-order valence-corrected chi connectivity index (χ0v) is 17.6. The predicted molar refractivity (Wildman–Crippen MR) is 110 cm³/mol. The lowest BCUT2D eigenvalue weighted by molar-refractivity contribution is -0.147. The number of aryl methyl sites for hydroxylation is 2. The number of ether oxygens (including phenoxy) is 1. The Morgan fingerprint density at radius 3 is 2.24 bits per heavy atom. The van der Waals surface area contributed by atoms with Gasteiger partial charge < -0.3 is 10.1 Å². The number of benzene rings is 2. The Morgan fingerprint density at radius 2 is 1.66 bits per heavy atom. The topological polar surface area (TPSA) is 102 Å². The van der Waals surface area contributed by atoms with E-state index < -0.39 is 35.1 Å². The van der Waals surface area contributed by atoms with E-state index >= 15 is 0 Å². The zero-order valence-electron chi connectivity index (χ0n) is 16.8. The molecule has 0 fully saturated rings. The molecule has 2 aromatic carbocycles. The molecule has 0 saturated carbocycles. The summed E-state index contributed by atoms with van der Waals surface area (Å²) in [5.74, 6) is -1.30. The summed E-state index contributed by atoms with van der Waals surface area (Å²) in [5.41, 5.74) is 3.06. The van der Waals surface area contributed by atoms with Gasteiger partial charge in [0.25, 0.3) is 5.91 Å². The second kappa shape index (κ2) is 10.2. The molecule has 2 rings (SSSR count). The average Bonchev–Trinajstić information content (AvgIpc) is 2.71. The summed E-state index contributed by atoms with van der Waals surface area (Å²) in [4.78, 5) is 23.8. The van der Waals surface area contributed by atoms with Gasteiger partial charge in [0.1, 0.15) is 6.54 Å². The lowest BCUT2D eigenvalue weighted by Gasteiger charge is -2.15. The maximum Gasteiger partial charge on any atom is 0.321 e. The number of sulfonamides is 1. The lowest BCUT2D eigenvalue weighted by Crippen LogP contribution is -2.34. The highest BCUT2D eigenvalue weighted by Gasteiger charge is 2.17. The fourth-order valence-corrected chi connectivity index (χ4v) is 3.53. The van der Waals surface area contributed by atoms with Crippen LogP contribution in [0.1, 0.15) is 36.6 Å². The Balaban J connectivity index is 1.77. The molecular weight excluding hydrogens is 392 g/mol. The van der Waals surface area contributed by atoms with E-state index in [0.717, 1.165) is 17.5 Å². The molecule has 0 bridgehead atoms. The summed E-state index contributed by atoms with van der Waals surface area (Å²) in [5, 5.41) is 2.74. The van der Waals surface area contributed by atoms with Gasteiger partial charge >= 0.3 is 5.97 Å². The van der Waals surface area contributed by atoms with Crippen molar-refractivity contribution in [3.8, 4) is 0 Å². The Kier molecular flexibility index (Phi) is 7.92. The van der Waals surface area contributed by atoms with Crippen LogP contribution in [0.15, 0.2) is 53.4 Å². The van der Waals surface area contributed by atoms with Gasteiger partial charge in [-0.15, -0.1) is 0 Å². The van der Waals surface area contributed by atoms with Crippen molar-refractivity contribution in [2.75, 3.05) is 13.2 Å². The van der Waals surface area contributed by atoms with Gasteiger partial charge in [0.2, 0.25) is 10.0 Å². The number of amides is 1. The molecule has 0 saturated heterocycles. The summed E-state index contributed by atoms with van der Waals surface area (Å²) in [6.07, 6.45) is 0.935. The largest absolute Gasteiger partial charge is 0.455 e. The number of rotatable bonds is 9. The highest BCUT2D eigenvalue weighted by molar-refractivity contribution is 7.89. The van der Waals surface area contributed by atoms with Crippen LogP contribution in [-0.2, 0) is 30.8 Å². The molecule has 0 heterocycles. The van der Waals surface area contributed by atoms with Gasteiger partial charge in [-0.1, -0.05) is 48.9 Å². The van der Waals surface area contributed by atoms with Crippen molar-refractivity contribution >= 4 is 21.9 Å². The highest BCUT2D eigenvalue weighted by Crippen LogP contribution is 2.13. The number of esters is 1. The maximum atomic E-state index is 12.1. The van der Waals surface area contributed by atoms with Crippen LogP contribution >= 0.6 is 0 Å². The van der Waals surface area contributed by atoms with Crippen LogP contribution in [0.4, 0.5) is 0 Å². The zero-order chi connectivity index (χ0) is 21.4. The van der Waals surface area contributed by atoms with E-state index in [0.29, 0.717) is 0 Å². The van der Waals surface area contributed by atoms with E-state index in [1.165, 1.54) is 17.7 Å². The van der Waals surface area contributed by atoms with Crippen molar-refractivity contribution in [3.63, 3.8) is 0 Å². The summed E-state index contributed by atoms with van der Waals surface area (Å²) in [7, 11) is -3.82. The Labute approximate surface area is 171 Å². The molecule has 0 spiro atoms. The first-order valence-corrected chi connectivity index (χ1v) is 10.8. The fraction of sp³-hybridized carbons (Fsp3) is 0.333. The molecule has 2 N–H and O–H groups in total. The van der Waals surface area contributed by atoms with E-state index in [2.05, 4.69) is 17.0 Å². The maximum absolute atomic E-state index is 12.1. The van der Waals surface area contributed by atoms with Gasteiger partial charge in [-0.25, -0.2) is 8.42 Å². The highest BCUT2D eigenvalue weighted by atomic mass is 32.2. The van der Waals surface area contributed by atoms with Crippen LogP contribution in [-0.4, -0.2) is 33.4 Å². The van der Waals surface area contributed by atoms with E-state index in [9.17, 15) is 18.0 Å². The molecule has 0 unspecified atom stereocenters. The van der Waals surface area contributed by atoms with E-state index in [1.807, 2.05) is 38.1 Å². The van der Waals surface area contributed by atoms with E-state index in [-0.39, 0.29) is 10.9 Å². The minimum Gasteiger partial charge on any atom is -0.455 e. The molecule has 0 aliphatic heterocycles. The van der Waals surface area contributed by atoms with Gasteiger partial charge in [-0.2, -0.15) is 4.72 Å². The first-order valence-electron chi connectivity index (χ1n) is 9.31. The number of carbonyl (C=O) groups excluding carboxylic acids is 2. The van der Waals surface area contributed by atoms with Gasteiger partial charge in [0.05, 0.1) is 10.9 Å². The monoisotopic (exact) mass is 418 g/mol. The quantitative estimate of drug-likeness (QED) is 0.608. The SMILES string of the molecule is CCc1ccc([C@@H](C)NC(=O)COC(=O)CNS(=O)(=O)c2ccc(C)cc2)cc1. The fourth-order valence-electron chi connectivity index (χ4n) is 2.56. The summed E-state index contributed by atoms with van der Waals surface area (Å²) in [6.45, 7) is 4.69. The number of nitrogens with one attached hydrogen (secondary N) is 2. The van der Waals surface area contributed by atoms with Crippen molar-refractivity contribution in [1.82, 2.24) is 10.0 Å². The molecule has 0 aliphatic carbocycles. The number of carbonyl (C=O) groups is 2. The second-order valence-electron chi connectivity index (χ2n) is 6.68. The summed E-state index contributed by atoms with van der Waals surface area (Å²) in [6, 6.07) is 13.9. The van der Waals surface area contributed by atoms with Crippen molar-refractivity contribution in [3.05, 3.63) is 65.2 Å². The Bertz CT molecular complexity index is 938. The normalized spacial score (nSPS) is 12.2. The Morgan fingerprint density at radius 1 is 1.03 bits per heavy atom. The molecule has 2 aromatic rings. The van der Waals surface area contributed by atoms with Crippen LogP contribution in [0.25, 0.3) is 0 Å². The molecule has 1 amide bonds. The van der Waals surface area contributed by atoms with Crippen LogP contribution in [0.3, 0.4) is 0 Å². The average molecular weight is 419 g/mol. The standard InChI is InChI=1S/C21H26N2O5S/c1-4-17-7-9-18(10-8-17)16(3)23-20(24)14-28-21(25)13-22-29(26,27)19-11-5-15(2)6-12-19/h5-12,16,22H,4,13-14H2,1-3H3,(H,23,24)/t16-/m1/s1. The van der Waals surface area contributed by atoms with Crippen molar-refractivity contribution < 1.29 is 22.7 Å². The van der Waals surface area contributed by atoms with Gasteiger partial charge in [0, 0.05) is 0 Å². The summed E-state index contributed by atoms with van der Waals surface area (Å²) >= 11 is 0. The number of hydrogen-bond donors (Lipinski definition) is 2.